The summed E-state index contributed by atoms with van der Waals surface area (Å²) in [6.45, 7) is -0.766. The van der Waals surface area contributed by atoms with E-state index in [1.807, 2.05) is 31.2 Å². The highest BCUT2D eigenvalue weighted by Crippen LogP contribution is 2.25. The van der Waals surface area contributed by atoms with E-state index in [1.54, 1.807) is 24.3 Å². The standard InChI is InChI=1S/C14H12F2O/c1-10-4-2-3-5-13(10)11-6-8-12(9-7-11)17-14(15)16/h2-9,14H,1H3. The van der Waals surface area contributed by atoms with Crippen LogP contribution in [-0.2, 0) is 0 Å². The molecule has 2 aromatic rings. The van der Waals surface area contributed by atoms with Gasteiger partial charge in [0.1, 0.15) is 5.75 Å². The van der Waals surface area contributed by atoms with Gasteiger partial charge in [0, 0.05) is 0 Å². The van der Waals surface area contributed by atoms with Gasteiger partial charge in [-0.15, -0.1) is 0 Å². The number of aryl methyl sites for hydroxylation is 1. The molecule has 0 spiro atoms. The molecule has 0 unspecified atom stereocenters. The molecule has 0 radical (unpaired) electrons. The zero-order valence-corrected chi connectivity index (χ0v) is 9.36. The monoisotopic (exact) mass is 234 g/mol. The lowest BCUT2D eigenvalue weighted by molar-refractivity contribution is -0.0498. The molecule has 0 heterocycles. The Bertz CT molecular complexity index is 492. The third kappa shape index (κ3) is 2.81. The summed E-state index contributed by atoms with van der Waals surface area (Å²) in [6.07, 6.45) is 0. The predicted molar refractivity (Wildman–Crippen MR) is 63.2 cm³/mol. The van der Waals surface area contributed by atoms with Crippen LogP contribution in [0.2, 0.25) is 0 Å². The van der Waals surface area contributed by atoms with Gasteiger partial charge >= 0.3 is 6.61 Å². The summed E-state index contributed by atoms with van der Waals surface area (Å²) in [6, 6.07) is 14.6. The highest BCUT2D eigenvalue weighted by atomic mass is 19.3. The minimum atomic E-state index is -2.78. The molecule has 0 atom stereocenters. The minimum Gasteiger partial charge on any atom is -0.435 e. The van der Waals surface area contributed by atoms with Gasteiger partial charge in [0.2, 0.25) is 0 Å². The van der Waals surface area contributed by atoms with Gasteiger partial charge in [-0.1, -0.05) is 36.4 Å². The second-order valence-corrected chi connectivity index (χ2v) is 3.72. The SMILES string of the molecule is Cc1ccccc1-c1ccc(OC(F)F)cc1. The maximum Gasteiger partial charge on any atom is 0.387 e. The van der Waals surface area contributed by atoms with E-state index in [0.29, 0.717) is 0 Å². The number of halogens is 2. The summed E-state index contributed by atoms with van der Waals surface area (Å²) in [4.78, 5) is 0. The molecule has 0 aromatic heterocycles. The molecular formula is C14H12F2O. The molecule has 2 aromatic carbocycles. The fraction of sp³-hybridized carbons (Fsp3) is 0.143. The zero-order valence-electron chi connectivity index (χ0n) is 9.36. The normalized spacial score (nSPS) is 10.6. The lowest BCUT2D eigenvalue weighted by atomic mass is 10.0. The van der Waals surface area contributed by atoms with E-state index in [1.165, 1.54) is 0 Å². The Balaban J connectivity index is 2.27. The Morgan fingerprint density at radius 3 is 2.18 bits per heavy atom. The van der Waals surface area contributed by atoms with E-state index in [0.717, 1.165) is 16.7 Å². The molecule has 0 saturated heterocycles. The summed E-state index contributed by atoms with van der Waals surface area (Å²) in [5.41, 5.74) is 3.23. The highest BCUT2D eigenvalue weighted by Gasteiger charge is 2.05. The molecule has 88 valence electrons. The van der Waals surface area contributed by atoms with Crippen LogP contribution in [0, 0.1) is 6.92 Å². The summed E-state index contributed by atoms with van der Waals surface area (Å²) in [5, 5.41) is 0. The van der Waals surface area contributed by atoms with Crippen LogP contribution in [0.1, 0.15) is 5.56 Å². The van der Waals surface area contributed by atoms with Crippen molar-refractivity contribution in [2.45, 2.75) is 13.5 Å². The molecule has 0 saturated carbocycles. The number of hydrogen-bond donors (Lipinski definition) is 0. The molecule has 0 aliphatic rings. The molecule has 2 rings (SSSR count). The lowest BCUT2D eigenvalue weighted by Crippen LogP contribution is -2.01. The summed E-state index contributed by atoms with van der Waals surface area (Å²) >= 11 is 0. The quantitative estimate of drug-likeness (QED) is 0.770. The first-order chi connectivity index (χ1) is 8.16. The van der Waals surface area contributed by atoms with Crippen LogP contribution >= 0.6 is 0 Å². The number of ether oxygens (including phenoxy) is 1. The van der Waals surface area contributed by atoms with Crippen LogP contribution in [0.4, 0.5) is 8.78 Å². The molecule has 0 bridgehead atoms. The van der Waals surface area contributed by atoms with Crippen molar-refractivity contribution in [2.24, 2.45) is 0 Å². The molecule has 0 aliphatic heterocycles. The van der Waals surface area contributed by atoms with Crippen molar-refractivity contribution in [3.63, 3.8) is 0 Å². The van der Waals surface area contributed by atoms with E-state index < -0.39 is 6.61 Å². The molecule has 0 amide bonds. The van der Waals surface area contributed by atoms with Crippen molar-refractivity contribution in [1.29, 1.82) is 0 Å². The van der Waals surface area contributed by atoms with Gasteiger partial charge in [-0.2, -0.15) is 8.78 Å². The molecule has 17 heavy (non-hydrogen) atoms. The smallest absolute Gasteiger partial charge is 0.387 e. The van der Waals surface area contributed by atoms with Crippen molar-refractivity contribution in [1.82, 2.24) is 0 Å². The topological polar surface area (TPSA) is 9.23 Å². The van der Waals surface area contributed by atoms with E-state index in [2.05, 4.69) is 4.74 Å². The summed E-state index contributed by atoms with van der Waals surface area (Å²) < 4.78 is 28.3. The largest absolute Gasteiger partial charge is 0.435 e. The van der Waals surface area contributed by atoms with Crippen LogP contribution < -0.4 is 4.74 Å². The Hall–Kier alpha value is -1.90. The van der Waals surface area contributed by atoms with Crippen LogP contribution in [0.3, 0.4) is 0 Å². The van der Waals surface area contributed by atoms with Gasteiger partial charge in [-0.3, -0.25) is 0 Å². The van der Waals surface area contributed by atoms with Crippen molar-refractivity contribution in [2.75, 3.05) is 0 Å². The number of alkyl halides is 2. The van der Waals surface area contributed by atoms with Gasteiger partial charge in [0.25, 0.3) is 0 Å². The first kappa shape index (κ1) is 11.6. The van der Waals surface area contributed by atoms with E-state index in [9.17, 15) is 8.78 Å². The van der Waals surface area contributed by atoms with Crippen molar-refractivity contribution in [3.05, 3.63) is 54.1 Å². The maximum absolute atomic E-state index is 12.0. The summed E-state index contributed by atoms with van der Waals surface area (Å²) in [7, 11) is 0. The number of benzene rings is 2. The minimum absolute atomic E-state index is 0.178. The van der Waals surface area contributed by atoms with E-state index >= 15 is 0 Å². The van der Waals surface area contributed by atoms with Crippen LogP contribution in [0.5, 0.6) is 5.75 Å². The third-order valence-corrected chi connectivity index (χ3v) is 2.54. The van der Waals surface area contributed by atoms with Crippen LogP contribution in [-0.4, -0.2) is 6.61 Å². The zero-order chi connectivity index (χ0) is 12.3. The Kier molecular flexibility index (Phi) is 3.38. The first-order valence-electron chi connectivity index (χ1n) is 5.27. The molecular weight excluding hydrogens is 222 g/mol. The molecule has 3 heteroatoms. The Morgan fingerprint density at radius 2 is 1.59 bits per heavy atom. The molecule has 0 N–H and O–H groups in total. The van der Waals surface area contributed by atoms with E-state index in [4.69, 9.17) is 0 Å². The number of hydrogen-bond acceptors (Lipinski definition) is 1. The van der Waals surface area contributed by atoms with Crippen molar-refractivity contribution < 1.29 is 13.5 Å². The lowest BCUT2D eigenvalue weighted by Gasteiger charge is -2.07. The van der Waals surface area contributed by atoms with Crippen molar-refractivity contribution in [3.8, 4) is 16.9 Å². The number of rotatable bonds is 3. The average molecular weight is 234 g/mol. The molecule has 0 aliphatic carbocycles. The predicted octanol–water partition coefficient (Wildman–Crippen LogP) is 4.26. The average Bonchev–Trinajstić information content (AvgIpc) is 2.30. The van der Waals surface area contributed by atoms with Crippen LogP contribution in [0.25, 0.3) is 11.1 Å². The Morgan fingerprint density at radius 1 is 0.941 bits per heavy atom. The maximum atomic E-state index is 12.0. The molecule has 0 fully saturated rings. The van der Waals surface area contributed by atoms with Gasteiger partial charge < -0.3 is 4.74 Å². The fourth-order valence-electron chi connectivity index (χ4n) is 1.71. The van der Waals surface area contributed by atoms with E-state index in [-0.39, 0.29) is 5.75 Å². The van der Waals surface area contributed by atoms with Gasteiger partial charge in [0.05, 0.1) is 0 Å². The third-order valence-electron chi connectivity index (χ3n) is 2.54. The second-order valence-electron chi connectivity index (χ2n) is 3.72. The summed E-state index contributed by atoms with van der Waals surface area (Å²) in [5.74, 6) is 0.178. The van der Waals surface area contributed by atoms with Gasteiger partial charge in [-0.25, -0.2) is 0 Å². The Labute approximate surface area is 98.7 Å². The van der Waals surface area contributed by atoms with Crippen molar-refractivity contribution >= 4 is 0 Å². The van der Waals surface area contributed by atoms with Gasteiger partial charge in [0.15, 0.2) is 0 Å². The van der Waals surface area contributed by atoms with Gasteiger partial charge in [-0.05, 0) is 35.7 Å². The molecule has 1 nitrogen and oxygen atoms in total. The first-order valence-corrected chi connectivity index (χ1v) is 5.27. The van der Waals surface area contributed by atoms with Crippen LogP contribution in [0.15, 0.2) is 48.5 Å². The fourth-order valence-corrected chi connectivity index (χ4v) is 1.71. The highest BCUT2D eigenvalue weighted by molar-refractivity contribution is 5.67. The second kappa shape index (κ2) is 4.95.